The van der Waals surface area contributed by atoms with Gasteiger partial charge in [0.1, 0.15) is 5.41 Å². The Labute approximate surface area is 171 Å². The first kappa shape index (κ1) is 18.9. The van der Waals surface area contributed by atoms with E-state index in [2.05, 4.69) is 4.85 Å². The van der Waals surface area contributed by atoms with E-state index in [0.717, 1.165) is 16.7 Å². The van der Waals surface area contributed by atoms with Gasteiger partial charge in [0.2, 0.25) is 11.6 Å². The molecule has 0 saturated carbocycles. The number of ketones is 1. The topological polar surface area (TPSA) is 41.7 Å². The summed E-state index contributed by atoms with van der Waals surface area (Å²) in [4.78, 5) is 32.2. The summed E-state index contributed by atoms with van der Waals surface area (Å²) in [6.45, 7) is 12.1. The Hall–Kier alpha value is -3.45. The number of amides is 1. The van der Waals surface area contributed by atoms with Crippen molar-refractivity contribution in [1.29, 1.82) is 0 Å². The molecule has 0 fully saturated rings. The van der Waals surface area contributed by atoms with Crippen LogP contribution in [-0.2, 0) is 21.5 Å². The lowest BCUT2D eigenvalue weighted by Crippen LogP contribution is -2.56. The molecular formula is C25H22N2O2. The lowest BCUT2D eigenvalue weighted by Gasteiger charge is -2.48. The van der Waals surface area contributed by atoms with Crippen LogP contribution in [0.3, 0.4) is 0 Å². The average Bonchev–Trinajstić information content (AvgIpc) is 2.74. The average molecular weight is 382 g/mol. The zero-order chi connectivity index (χ0) is 20.6. The van der Waals surface area contributed by atoms with Crippen molar-refractivity contribution < 1.29 is 9.59 Å². The molecule has 0 radical (unpaired) electrons. The van der Waals surface area contributed by atoms with Gasteiger partial charge in [-0.05, 0) is 16.7 Å². The third-order valence-electron chi connectivity index (χ3n) is 5.96. The normalized spacial score (nSPS) is 23.0. The number of nitrogens with zero attached hydrogens (tertiary/aromatic N) is 2. The van der Waals surface area contributed by atoms with E-state index in [1.165, 1.54) is 0 Å². The van der Waals surface area contributed by atoms with Crippen LogP contribution in [0.4, 0.5) is 0 Å². The summed E-state index contributed by atoms with van der Waals surface area (Å²) in [6.07, 6.45) is 3.60. The third-order valence-corrected chi connectivity index (χ3v) is 5.96. The second kappa shape index (κ2) is 6.86. The largest absolute Gasteiger partial charge is 0.333 e. The van der Waals surface area contributed by atoms with Gasteiger partial charge in [-0.3, -0.25) is 4.79 Å². The van der Waals surface area contributed by atoms with E-state index < -0.39 is 10.8 Å². The van der Waals surface area contributed by atoms with Crippen LogP contribution in [0.5, 0.6) is 0 Å². The van der Waals surface area contributed by atoms with E-state index >= 15 is 0 Å². The summed E-state index contributed by atoms with van der Waals surface area (Å²) in [5, 5.41) is 0. The van der Waals surface area contributed by atoms with Gasteiger partial charge in [0.05, 0.1) is 6.57 Å². The number of carbonyl (C=O) groups excluding carboxylic acids is 2. The van der Waals surface area contributed by atoms with Gasteiger partial charge < -0.3 is 9.69 Å². The summed E-state index contributed by atoms with van der Waals surface area (Å²) in [6, 6.07) is 19.3. The molecule has 4 rings (SSSR count). The molecule has 29 heavy (non-hydrogen) atoms. The predicted molar refractivity (Wildman–Crippen MR) is 112 cm³/mol. The van der Waals surface area contributed by atoms with Crippen LogP contribution < -0.4 is 0 Å². The number of allylic oxidation sites excluding steroid dienone is 1. The maximum atomic E-state index is 14.0. The number of rotatable bonds is 3. The number of fused-ring (bicyclic) bond motifs is 1. The van der Waals surface area contributed by atoms with Gasteiger partial charge in [-0.25, -0.2) is 4.85 Å². The van der Waals surface area contributed by atoms with Crippen LogP contribution in [-0.4, -0.2) is 23.1 Å². The molecule has 0 bridgehead atoms. The van der Waals surface area contributed by atoms with Gasteiger partial charge in [0.25, 0.3) is 0 Å². The first-order valence-corrected chi connectivity index (χ1v) is 9.66. The van der Waals surface area contributed by atoms with Crippen LogP contribution in [0.1, 0.15) is 25.0 Å². The molecule has 0 spiro atoms. The van der Waals surface area contributed by atoms with Crippen molar-refractivity contribution >= 4 is 11.7 Å². The van der Waals surface area contributed by atoms with Crippen molar-refractivity contribution in [2.24, 2.45) is 5.41 Å². The van der Waals surface area contributed by atoms with Gasteiger partial charge >= 0.3 is 0 Å². The van der Waals surface area contributed by atoms with Gasteiger partial charge in [0.15, 0.2) is 5.78 Å². The quantitative estimate of drug-likeness (QED) is 0.586. The van der Waals surface area contributed by atoms with E-state index in [-0.39, 0.29) is 17.4 Å². The Kier molecular flexibility index (Phi) is 4.47. The lowest BCUT2D eigenvalue weighted by atomic mass is 9.57. The van der Waals surface area contributed by atoms with Crippen molar-refractivity contribution in [1.82, 2.24) is 4.90 Å². The number of hydrogen-bond acceptors (Lipinski definition) is 2. The monoisotopic (exact) mass is 382 g/mol. The molecule has 0 unspecified atom stereocenters. The SMILES string of the molecule is [C-]#[N+]C1=C[C@@]2(c3ccccc3)C(=O)N(Cc3ccccc3)CC=C2C(C)(C)C1=O. The Morgan fingerprint density at radius 1 is 1.00 bits per heavy atom. The van der Waals surface area contributed by atoms with Crippen molar-refractivity contribution in [3.63, 3.8) is 0 Å². The highest BCUT2D eigenvalue weighted by Gasteiger charge is 2.56. The molecule has 2 aromatic rings. The molecule has 0 N–H and O–H groups in total. The maximum Gasteiger partial charge on any atom is 0.240 e. The molecule has 1 aliphatic carbocycles. The second-order valence-electron chi connectivity index (χ2n) is 8.06. The van der Waals surface area contributed by atoms with E-state index in [1.807, 2.05) is 80.6 Å². The number of carbonyl (C=O) groups is 2. The molecule has 1 heterocycles. The van der Waals surface area contributed by atoms with E-state index in [9.17, 15) is 9.59 Å². The number of Topliss-reactive ketones (excluding diaryl/α,β-unsaturated/α-hetero) is 1. The van der Waals surface area contributed by atoms with E-state index in [1.54, 1.807) is 11.0 Å². The van der Waals surface area contributed by atoms with Crippen molar-refractivity contribution in [2.45, 2.75) is 25.8 Å². The summed E-state index contributed by atoms with van der Waals surface area (Å²) < 4.78 is 0. The molecule has 1 amide bonds. The first-order chi connectivity index (χ1) is 13.9. The van der Waals surface area contributed by atoms with Gasteiger partial charge in [-0.2, -0.15) is 0 Å². The van der Waals surface area contributed by atoms with Crippen LogP contribution >= 0.6 is 0 Å². The Bertz CT molecular complexity index is 1070. The Balaban J connectivity index is 1.92. The van der Waals surface area contributed by atoms with Crippen LogP contribution in [0.15, 0.2) is 84.1 Å². The molecule has 2 aliphatic rings. The highest BCUT2D eigenvalue weighted by Crippen LogP contribution is 2.52. The molecule has 4 nitrogen and oxygen atoms in total. The van der Waals surface area contributed by atoms with Gasteiger partial charge in [0, 0.05) is 18.5 Å². The molecule has 4 heteroatoms. The molecule has 1 aliphatic heterocycles. The lowest BCUT2D eigenvalue weighted by molar-refractivity contribution is -0.136. The molecule has 144 valence electrons. The minimum Gasteiger partial charge on any atom is -0.333 e. The third kappa shape index (κ3) is 2.82. The fraction of sp³-hybridized carbons (Fsp3) is 0.240. The second-order valence-corrected chi connectivity index (χ2v) is 8.06. The van der Waals surface area contributed by atoms with Crippen molar-refractivity contribution in [3.05, 3.63) is 107 Å². The summed E-state index contributed by atoms with van der Waals surface area (Å²) in [5.74, 6) is -0.318. The van der Waals surface area contributed by atoms with Gasteiger partial charge in [-0.15, -0.1) is 0 Å². The minimum absolute atomic E-state index is 0.0333. The molecule has 2 aromatic carbocycles. The smallest absolute Gasteiger partial charge is 0.240 e. The molecule has 1 atom stereocenters. The highest BCUT2D eigenvalue weighted by molar-refractivity contribution is 6.10. The van der Waals surface area contributed by atoms with Crippen molar-refractivity contribution in [2.75, 3.05) is 6.54 Å². The Morgan fingerprint density at radius 3 is 2.24 bits per heavy atom. The van der Waals surface area contributed by atoms with Crippen LogP contribution in [0.25, 0.3) is 4.85 Å². The zero-order valence-corrected chi connectivity index (χ0v) is 16.6. The highest BCUT2D eigenvalue weighted by atomic mass is 16.2. The Morgan fingerprint density at radius 2 is 1.62 bits per heavy atom. The summed E-state index contributed by atoms with van der Waals surface area (Å²) in [5.41, 5.74) is 0.580. The van der Waals surface area contributed by atoms with E-state index in [4.69, 9.17) is 6.57 Å². The molecule has 0 saturated heterocycles. The predicted octanol–water partition coefficient (Wildman–Crippen LogP) is 4.31. The minimum atomic E-state index is -1.13. The van der Waals surface area contributed by atoms with Crippen LogP contribution in [0, 0.1) is 12.0 Å². The maximum absolute atomic E-state index is 14.0. The number of benzene rings is 2. The fourth-order valence-electron chi connectivity index (χ4n) is 4.50. The first-order valence-electron chi connectivity index (χ1n) is 9.66. The zero-order valence-electron chi connectivity index (χ0n) is 16.6. The standard InChI is InChI=1S/C25H22N2O2/c1-24(2)21-14-15-27(17-18-10-6-4-7-11-18)23(29)25(21,16-20(26-3)22(24)28)19-12-8-5-9-13-19/h4-14,16H,15,17H2,1-2H3/t25-/m0/s1. The van der Waals surface area contributed by atoms with Gasteiger partial charge in [-0.1, -0.05) is 86.7 Å². The summed E-state index contributed by atoms with van der Waals surface area (Å²) >= 11 is 0. The summed E-state index contributed by atoms with van der Waals surface area (Å²) in [7, 11) is 0. The van der Waals surface area contributed by atoms with E-state index in [0.29, 0.717) is 13.1 Å². The molecule has 0 aromatic heterocycles. The number of hydrogen-bond donors (Lipinski definition) is 0. The van der Waals surface area contributed by atoms with Crippen molar-refractivity contribution in [3.8, 4) is 0 Å². The van der Waals surface area contributed by atoms with Crippen LogP contribution in [0.2, 0.25) is 0 Å². The fourth-order valence-corrected chi connectivity index (χ4v) is 4.50. The molecular weight excluding hydrogens is 360 g/mol.